The van der Waals surface area contributed by atoms with Crippen LogP contribution in [0.25, 0.3) is 0 Å². The molecule has 23 heavy (non-hydrogen) atoms. The van der Waals surface area contributed by atoms with Crippen LogP contribution in [0.15, 0.2) is 30.6 Å². The number of fused-ring (bicyclic) bond motifs is 1. The number of nitrogens with one attached hydrogen (secondary N) is 1. The van der Waals surface area contributed by atoms with Crippen molar-refractivity contribution in [3.8, 4) is 0 Å². The Labute approximate surface area is 134 Å². The van der Waals surface area contributed by atoms with E-state index in [1.807, 2.05) is 12.1 Å². The quantitative estimate of drug-likeness (QED) is 0.929. The van der Waals surface area contributed by atoms with Crippen molar-refractivity contribution in [2.75, 3.05) is 22.4 Å². The second-order valence-electron chi connectivity index (χ2n) is 5.34. The molecule has 1 aliphatic heterocycles. The maximum atomic E-state index is 14.3. The molecule has 2 heterocycles. The molecule has 0 bridgehead atoms. The number of aryl methyl sites for hydroxylation is 1. The molecule has 0 aliphatic carbocycles. The maximum absolute atomic E-state index is 14.3. The van der Waals surface area contributed by atoms with Crippen molar-refractivity contribution in [1.29, 1.82) is 0 Å². The van der Waals surface area contributed by atoms with Crippen molar-refractivity contribution in [2.45, 2.75) is 19.4 Å². The second kappa shape index (κ2) is 5.77. The van der Waals surface area contributed by atoms with E-state index in [1.165, 1.54) is 17.7 Å². The van der Waals surface area contributed by atoms with Crippen molar-refractivity contribution in [2.24, 2.45) is 0 Å². The van der Waals surface area contributed by atoms with Crippen LogP contribution in [0.4, 0.5) is 15.9 Å². The summed E-state index contributed by atoms with van der Waals surface area (Å²) in [7, 11) is -1.95. The highest BCUT2D eigenvalue weighted by atomic mass is 32.2. The van der Waals surface area contributed by atoms with E-state index in [-0.39, 0.29) is 11.6 Å². The van der Waals surface area contributed by atoms with Gasteiger partial charge in [-0.2, -0.15) is 0 Å². The standard InChI is InChI=1S/C15H17FN4O2S/c1-3-11-14(16)15(18-9-17-11)19-12-8-23(21,22)20(2)13-7-5-4-6-10(12)13/h4-7,9,12H,3,8H2,1-2H3,(H,17,18,19). The van der Waals surface area contributed by atoms with Gasteiger partial charge in [0.1, 0.15) is 6.33 Å². The number of sulfonamides is 1. The lowest BCUT2D eigenvalue weighted by Gasteiger charge is -2.33. The van der Waals surface area contributed by atoms with Gasteiger partial charge in [0, 0.05) is 7.05 Å². The van der Waals surface area contributed by atoms with Crippen LogP contribution in [0.1, 0.15) is 24.2 Å². The van der Waals surface area contributed by atoms with E-state index in [0.717, 1.165) is 5.56 Å². The van der Waals surface area contributed by atoms with Gasteiger partial charge < -0.3 is 5.32 Å². The molecule has 122 valence electrons. The highest BCUT2D eigenvalue weighted by Gasteiger charge is 2.34. The number of para-hydroxylation sites is 1. The van der Waals surface area contributed by atoms with Gasteiger partial charge in [0.15, 0.2) is 11.6 Å². The van der Waals surface area contributed by atoms with Gasteiger partial charge in [0.25, 0.3) is 0 Å². The van der Waals surface area contributed by atoms with Gasteiger partial charge in [-0.25, -0.2) is 22.8 Å². The van der Waals surface area contributed by atoms with Gasteiger partial charge >= 0.3 is 0 Å². The minimum absolute atomic E-state index is 0.0245. The molecule has 0 fully saturated rings. The molecule has 1 aliphatic rings. The fraction of sp³-hybridized carbons (Fsp3) is 0.333. The second-order valence-corrected chi connectivity index (χ2v) is 7.38. The molecule has 0 spiro atoms. The molecule has 0 saturated heterocycles. The molecule has 0 radical (unpaired) electrons. The normalized spacial score (nSPS) is 19.3. The van der Waals surface area contributed by atoms with Crippen LogP contribution in [0.3, 0.4) is 0 Å². The summed E-state index contributed by atoms with van der Waals surface area (Å²) < 4.78 is 40.2. The van der Waals surface area contributed by atoms with Gasteiger partial charge in [-0.05, 0) is 18.1 Å². The Balaban J connectivity index is 2.02. The lowest BCUT2D eigenvalue weighted by molar-refractivity contribution is 0.580. The van der Waals surface area contributed by atoms with Crippen LogP contribution in [0.5, 0.6) is 0 Å². The minimum atomic E-state index is -3.47. The highest BCUT2D eigenvalue weighted by molar-refractivity contribution is 7.92. The summed E-state index contributed by atoms with van der Waals surface area (Å²) in [5.41, 5.74) is 1.67. The van der Waals surface area contributed by atoms with Crippen LogP contribution < -0.4 is 9.62 Å². The largest absolute Gasteiger partial charge is 0.360 e. The number of hydrogen-bond donors (Lipinski definition) is 1. The molecule has 1 atom stereocenters. The molecule has 3 rings (SSSR count). The van der Waals surface area contributed by atoms with Crippen LogP contribution >= 0.6 is 0 Å². The zero-order chi connectivity index (χ0) is 16.6. The monoisotopic (exact) mass is 336 g/mol. The van der Waals surface area contributed by atoms with Gasteiger partial charge in [0.2, 0.25) is 10.0 Å². The summed E-state index contributed by atoms with van der Waals surface area (Å²) in [6, 6.07) is 6.59. The van der Waals surface area contributed by atoms with Crippen LogP contribution in [0.2, 0.25) is 0 Å². The third kappa shape index (κ3) is 2.74. The topological polar surface area (TPSA) is 75.2 Å². The van der Waals surface area contributed by atoms with Gasteiger partial charge in [0.05, 0.1) is 23.2 Å². The fourth-order valence-corrected chi connectivity index (χ4v) is 4.04. The molecule has 1 aromatic heterocycles. The Morgan fingerprint density at radius 2 is 2.09 bits per heavy atom. The lowest BCUT2D eigenvalue weighted by atomic mass is 10.1. The van der Waals surface area contributed by atoms with Gasteiger partial charge in [-0.1, -0.05) is 25.1 Å². The third-order valence-corrected chi connectivity index (χ3v) is 5.74. The zero-order valence-corrected chi connectivity index (χ0v) is 13.6. The van der Waals surface area contributed by atoms with Crippen molar-refractivity contribution >= 4 is 21.5 Å². The lowest BCUT2D eigenvalue weighted by Crippen LogP contribution is -2.39. The van der Waals surface area contributed by atoms with Crippen molar-refractivity contribution in [3.05, 3.63) is 47.7 Å². The molecule has 8 heteroatoms. The summed E-state index contributed by atoms with van der Waals surface area (Å²) in [6.07, 6.45) is 1.71. The number of halogens is 1. The Hall–Kier alpha value is -2.22. The average Bonchev–Trinajstić information content (AvgIpc) is 2.54. The maximum Gasteiger partial charge on any atom is 0.237 e. The molecule has 1 unspecified atom stereocenters. The number of anilines is 2. The van der Waals surface area contributed by atoms with E-state index in [1.54, 1.807) is 19.1 Å². The molecule has 1 aromatic carbocycles. The minimum Gasteiger partial charge on any atom is -0.360 e. The molecular formula is C15H17FN4O2S. The molecule has 1 N–H and O–H groups in total. The summed E-state index contributed by atoms with van der Waals surface area (Å²) in [5, 5.41) is 2.92. The fourth-order valence-electron chi connectivity index (χ4n) is 2.67. The van der Waals surface area contributed by atoms with Crippen LogP contribution in [-0.4, -0.2) is 31.2 Å². The van der Waals surface area contributed by atoms with E-state index in [2.05, 4.69) is 15.3 Å². The first-order chi connectivity index (χ1) is 10.9. The first-order valence-electron chi connectivity index (χ1n) is 7.25. The first-order valence-corrected chi connectivity index (χ1v) is 8.86. The molecule has 0 amide bonds. The molecular weight excluding hydrogens is 319 g/mol. The van der Waals surface area contributed by atoms with E-state index in [4.69, 9.17) is 0 Å². The Kier molecular flexibility index (Phi) is 3.93. The van der Waals surface area contributed by atoms with Crippen LogP contribution in [-0.2, 0) is 16.4 Å². The number of rotatable bonds is 3. The van der Waals surface area contributed by atoms with Crippen LogP contribution in [0, 0.1) is 5.82 Å². The number of nitrogens with zero attached hydrogens (tertiary/aromatic N) is 3. The predicted octanol–water partition coefficient (Wildman–Crippen LogP) is 2.11. The smallest absolute Gasteiger partial charge is 0.237 e. The molecule has 0 saturated carbocycles. The molecule has 6 nitrogen and oxygen atoms in total. The van der Waals surface area contributed by atoms with E-state index >= 15 is 0 Å². The predicted molar refractivity (Wildman–Crippen MR) is 86.4 cm³/mol. The SMILES string of the molecule is CCc1ncnc(NC2CS(=O)(=O)N(C)c3ccccc32)c1F. The Morgan fingerprint density at radius 3 is 2.83 bits per heavy atom. The Morgan fingerprint density at radius 1 is 1.35 bits per heavy atom. The average molecular weight is 336 g/mol. The van der Waals surface area contributed by atoms with E-state index in [0.29, 0.717) is 17.8 Å². The van der Waals surface area contributed by atoms with Crippen molar-refractivity contribution < 1.29 is 12.8 Å². The summed E-state index contributed by atoms with van der Waals surface area (Å²) in [5.74, 6) is -0.675. The summed E-state index contributed by atoms with van der Waals surface area (Å²) >= 11 is 0. The van der Waals surface area contributed by atoms with Gasteiger partial charge in [-0.15, -0.1) is 0 Å². The van der Waals surface area contributed by atoms with E-state index in [9.17, 15) is 12.8 Å². The summed E-state index contributed by atoms with van der Waals surface area (Å²) in [6.45, 7) is 1.80. The third-order valence-electron chi connectivity index (χ3n) is 3.95. The van der Waals surface area contributed by atoms with Gasteiger partial charge in [-0.3, -0.25) is 4.31 Å². The Bertz CT molecular complexity index is 841. The first kappa shape index (κ1) is 15.7. The number of aromatic nitrogens is 2. The molecule has 2 aromatic rings. The number of benzene rings is 1. The summed E-state index contributed by atoms with van der Waals surface area (Å²) in [4.78, 5) is 7.80. The highest BCUT2D eigenvalue weighted by Crippen LogP contribution is 2.36. The van der Waals surface area contributed by atoms with Crippen molar-refractivity contribution in [3.63, 3.8) is 0 Å². The van der Waals surface area contributed by atoms with E-state index < -0.39 is 21.9 Å². The van der Waals surface area contributed by atoms with Crippen molar-refractivity contribution in [1.82, 2.24) is 9.97 Å². The zero-order valence-electron chi connectivity index (χ0n) is 12.8. The number of hydrogen-bond acceptors (Lipinski definition) is 5.